The van der Waals surface area contributed by atoms with E-state index >= 15 is 0 Å². The van der Waals surface area contributed by atoms with Gasteiger partial charge >= 0.3 is 0 Å². The second kappa shape index (κ2) is 5.11. The summed E-state index contributed by atoms with van der Waals surface area (Å²) in [4.78, 5) is 14.3. The summed E-state index contributed by atoms with van der Waals surface area (Å²) in [5.41, 5.74) is 0.885. The van der Waals surface area contributed by atoms with Crippen molar-refractivity contribution in [2.45, 2.75) is 25.7 Å². The van der Waals surface area contributed by atoms with E-state index in [2.05, 4.69) is 10.2 Å². The molecule has 2 aromatic heterocycles. The van der Waals surface area contributed by atoms with Crippen molar-refractivity contribution in [1.82, 2.24) is 19.7 Å². The molecular weight excluding hydrogens is 256 g/mol. The number of carbonyl (C=O) groups is 1. The highest BCUT2D eigenvalue weighted by Gasteiger charge is 2.29. The smallest absolute Gasteiger partial charge is 0.289 e. The number of hydrogen-bond acceptors (Lipinski definition) is 4. The van der Waals surface area contributed by atoms with Gasteiger partial charge in [-0.25, -0.2) is 0 Å². The average molecular weight is 274 g/mol. The maximum Gasteiger partial charge on any atom is 0.289 e. The molecule has 0 spiro atoms. The lowest BCUT2D eigenvalue weighted by Crippen LogP contribution is -2.39. The predicted molar refractivity (Wildman–Crippen MR) is 72.3 cm³/mol. The molecule has 20 heavy (non-hydrogen) atoms. The molecule has 0 bridgehead atoms. The monoisotopic (exact) mass is 274 g/mol. The van der Waals surface area contributed by atoms with E-state index in [0.29, 0.717) is 12.3 Å². The summed E-state index contributed by atoms with van der Waals surface area (Å²) in [5.74, 6) is 1.61. The third-order valence-corrected chi connectivity index (χ3v) is 3.88. The van der Waals surface area contributed by atoms with Gasteiger partial charge in [0.1, 0.15) is 12.2 Å². The number of rotatable bonds is 2. The number of nitrogens with zero attached hydrogens (tertiary/aromatic N) is 4. The third-order valence-electron chi connectivity index (χ3n) is 3.88. The fraction of sp³-hybridized carbons (Fsp3) is 0.500. The molecule has 106 valence electrons. The molecule has 0 N–H and O–H groups in total. The molecule has 3 heterocycles. The van der Waals surface area contributed by atoms with Crippen molar-refractivity contribution in [3.8, 4) is 0 Å². The minimum absolute atomic E-state index is 0.0284. The van der Waals surface area contributed by atoms with Gasteiger partial charge in [-0.1, -0.05) is 0 Å². The summed E-state index contributed by atoms with van der Waals surface area (Å²) in [6.07, 6.45) is 5.27. The van der Waals surface area contributed by atoms with Crippen molar-refractivity contribution in [3.63, 3.8) is 0 Å². The number of aryl methyl sites for hydroxylation is 2. The normalized spacial score (nSPS) is 19.3. The van der Waals surface area contributed by atoms with Crippen LogP contribution in [0.3, 0.4) is 0 Å². The molecule has 0 unspecified atom stereocenters. The van der Waals surface area contributed by atoms with Crippen LogP contribution in [0.4, 0.5) is 0 Å². The summed E-state index contributed by atoms with van der Waals surface area (Å²) in [5, 5.41) is 8.09. The lowest BCUT2D eigenvalue weighted by molar-refractivity contribution is 0.0670. The van der Waals surface area contributed by atoms with Gasteiger partial charge in [0, 0.05) is 31.6 Å². The summed E-state index contributed by atoms with van der Waals surface area (Å²) < 4.78 is 7.23. The van der Waals surface area contributed by atoms with E-state index in [-0.39, 0.29) is 11.8 Å². The Morgan fingerprint density at radius 3 is 3.00 bits per heavy atom. The zero-order valence-corrected chi connectivity index (χ0v) is 11.7. The Morgan fingerprint density at radius 1 is 1.50 bits per heavy atom. The average Bonchev–Trinajstić information content (AvgIpc) is 3.07. The molecule has 0 aliphatic carbocycles. The lowest BCUT2D eigenvalue weighted by atomic mass is 9.97. The number of amides is 1. The molecule has 1 atom stereocenters. The van der Waals surface area contributed by atoms with Crippen LogP contribution in [0.1, 0.15) is 40.7 Å². The van der Waals surface area contributed by atoms with Gasteiger partial charge in [0.15, 0.2) is 5.76 Å². The molecule has 0 aromatic carbocycles. The van der Waals surface area contributed by atoms with Gasteiger partial charge in [0.2, 0.25) is 0 Å². The van der Waals surface area contributed by atoms with Crippen LogP contribution in [-0.2, 0) is 7.05 Å². The topological polar surface area (TPSA) is 64.2 Å². The Labute approximate surface area is 117 Å². The Hall–Kier alpha value is -2.11. The lowest BCUT2D eigenvalue weighted by Gasteiger charge is -2.31. The minimum atomic E-state index is -0.0284. The largest absolute Gasteiger partial charge is 0.459 e. The van der Waals surface area contributed by atoms with E-state index in [1.165, 1.54) is 0 Å². The molecule has 1 amide bonds. The van der Waals surface area contributed by atoms with Gasteiger partial charge in [-0.3, -0.25) is 4.79 Å². The number of furan rings is 1. The zero-order valence-electron chi connectivity index (χ0n) is 11.7. The van der Waals surface area contributed by atoms with Crippen molar-refractivity contribution in [3.05, 3.63) is 35.8 Å². The molecule has 6 nitrogen and oxygen atoms in total. The van der Waals surface area contributed by atoms with Crippen molar-refractivity contribution in [2.75, 3.05) is 13.1 Å². The first kappa shape index (κ1) is 12.9. The van der Waals surface area contributed by atoms with E-state index in [1.807, 2.05) is 29.5 Å². The van der Waals surface area contributed by atoms with Crippen LogP contribution in [0.2, 0.25) is 0 Å². The van der Waals surface area contributed by atoms with Gasteiger partial charge in [0.25, 0.3) is 5.91 Å². The second-order valence-corrected chi connectivity index (χ2v) is 5.32. The predicted octanol–water partition coefficient (Wildman–Crippen LogP) is 1.74. The first-order valence-corrected chi connectivity index (χ1v) is 6.84. The van der Waals surface area contributed by atoms with E-state index in [1.54, 1.807) is 12.6 Å². The highest BCUT2D eigenvalue weighted by atomic mass is 16.3. The highest BCUT2D eigenvalue weighted by molar-refractivity contribution is 5.92. The molecule has 1 saturated heterocycles. The molecule has 1 aliphatic rings. The molecule has 6 heteroatoms. The SMILES string of the molecule is Cc1ccoc1C(=O)N1CCC[C@H](c2nncn2C)C1. The Kier molecular flexibility index (Phi) is 3.30. The quantitative estimate of drug-likeness (QED) is 0.836. The standard InChI is InChI=1S/C14H18N4O2/c1-10-5-7-20-12(10)14(19)18-6-3-4-11(8-18)13-16-15-9-17(13)2/h5,7,9,11H,3-4,6,8H2,1-2H3/t11-/m0/s1. The number of hydrogen-bond donors (Lipinski definition) is 0. The fourth-order valence-corrected chi connectivity index (χ4v) is 2.77. The number of likely N-dealkylation sites (tertiary alicyclic amines) is 1. The van der Waals surface area contributed by atoms with Gasteiger partial charge in [-0.05, 0) is 25.8 Å². The van der Waals surface area contributed by atoms with E-state index < -0.39 is 0 Å². The molecule has 0 radical (unpaired) electrons. The van der Waals surface area contributed by atoms with Gasteiger partial charge < -0.3 is 13.9 Å². The van der Waals surface area contributed by atoms with Crippen LogP contribution < -0.4 is 0 Å². The van der Waals surface area contributed by atoms with Gasteiger partial charge in [-0.2, -0.15) is 0 Å². The summed E-state index contributed by atoms with van der Waals surface area (Å²) >= 11 is 0. The number of aromatic nitrogens is 3. The summed E-state index contributed by atoms with van der Waals surface area (Å²) in [6.45, 7) is 3.33. The van der Waals surface area contributed by atoms with Crippen LogP contribution in [0.15, 0.2) is 23.1 Å². The van der Waals surface area contributed by atoms with Crippen molar-refractivity contribution in [2.24, 2.45) is 7.05 Å². The van der Waals surface area contributed by atoms with Crippen LogP contribution in [-0.4, -0.2) is 38.7 Å². The van der Waals surface area contributed by atoms with Crippen LogP contribution >= 0.6 is 0 Å². The Morgan fingerprint density at radius 2 is 2.35 bits per heavy atom. The highest BCUT2D eigenvalue weighted by Crippen LogP contribution is 2.26. The van der Waals surface area contributed by atoms with Gasteiger partial charge in [-0.15, -0.1) is 10.2 Å². The van der Waals surface area contributed by atoms with Crippen LogP contribution in [0, 0.1) is 6.92 Å². The fourth-order valence-electron chi connectivity index (χ4n) is 2.77. The molecule has 3 rings (SSSR count). The first-order chi connectivity index (χ1) is 9.66. The Bertz CT molecular complexity index is 616. The third kappa shape index (κ3) is 2.21. The second-order valence-electron chi connectivity index (χ2n) is 5.32. The summed E-state index contributed by atoms with van der Waals surface area (Å²) in [7, 11) is 1.94. The van der Waals surface area contributed by atoms with Gasteiger partial charge in [0.05, 0.1) is 6.26 Å². The van der Waals surface area contributed by atoms with Crippen molar-refractivity contribution in [1.29, 1.82) is 0 Å². The van der Waals surface area contributed by atoms with E-state index in [4.69, 9.17) is 4.42 Å². The van der Waals surface area contributed by atoms with Crippen LogP contribution in [0.5, 0.6) is 0 Å². The molecule has 1 fully saturated rings. The van der Waals surface area contributed by atoms with Crippen LogP contribution in [0.25, 0.3) is 0 Å². The molecular formula is C14H18N4O2. The molecule has 1 aliphatic heterocycles. The van der Waals surface area contributed by atoms with Crippen molar-refractivity contribution < 1.29 is 9.21 Å². The van der Waals surface area contributed by atoms with E-state index in [0.717, 1.165) is 30.8 Å². The molecule has 2 aromatic rings. The number of carbonyl (C=O) groups excluding carboxylic acids is 1. The zero-order chi connectivity index (χ0) is 14.1. The first-order valence-electron chi connectivity index (χ1n) is 6.84. The Balaban J connectivity index is 1.77. The maximum absolute atomic E-state index is 12.5. The van der Waals surface area contributed by atoms with Crippen molar-refractivity contribution >= 4 is 5.91 Å². The minimum Gasteiger partial charge on any atom is -0.459 e. The number of piperidine rings is 1. The summed E-state index contributed by atoms with van der Waals surface area (Å²) in [6, 6.07) is 1.82. The maximum atomic E-state index is 12.5. The molecule has 0 saturated carbocycles. The van der Waals surface area contributed by atoms with E-state index in [9.17, 15) is 4.79 Å².